The maximum absolute atomic E-state index is 12.8. The van der Waals surface area contributed by atoms with E-state index in [0.29, 0.717) is 6.61 Å². The van der Waals surface area contributed by atoms with Crippen molar-refractivity contribution in [1.82, 2.24) is 19.6 Å². The van der Waals surface area contributed by atoms with Gasteiger partial charge < -0.3 is 4.74 Å². The number of aromatic amines is 1. The van der Waals surface area contributed by atoms with Crippen LogP contribution in [0.15, 0.2) is 22.2 Å². The number of ether oxygens (including phenoxy) is 1. The highest BCUT2D eigenvalue weighted by atomic mass is 32.2. The van der Waals surface area contributed by atoms with Gasteiger partial charge in [-0.2, -0.15) is 5.10 Å². The fourth-order valence-electron chi connectivity index (χ4n) is 3.70. The lowest BCUT2D eigenvalue weighted by Gasteiger charge is -2.36. The summed E-state index contributed by atoms with van der Waals surface area (Å²) in [5.74, 6) is 0.762. The zero-order valence-corrected chi connectivity index (χ0v) is 15.8. The quantitative estimate of drug-likeness (QED) is 0.892. The molecule has 0 aromatic carbocycles. The van der Waals surface area contributed by atoms with Gasteiger partial charge >= 0.3 is 0 Å². The Morgan fingerprint density at radius 2 is 2.24 bits per heavy atom. The first-order chi connectivity index (χ1) is 11.8. The Labute approximate surface area is 150 Å². The lowest BCUT2D eigenvalue weighted by atomic mass is 9.94. The molecule has 0 amide bonds. The summed E-state index contributed by atoms with van der Waals surface area (Å²) in [6, 6.07) is 0.189. The molecule has 2 aromatic rings. The number of fused-ring (bicyclic) bond motifs is 1. The summed E-state index contributed by atoms with van der Waals surface area (Å²) < 4.78 is 9.56. The Morgan fingerprint density at radius 3 is 2.92 bits per heavy atom. The van der Waals surface area contributed by atoms with Crippen LogP contribution in [0.3, 0.4) is 0 Å². The number of hydrogen-bond donors (Lipinski definition) is 1. The molecule has 2 unspecified atom stereocenters. The van der Waals surface area contributed by atoms with Crippen molar-refractivity contribution in [1.29, 1.82) is 0 Å². The Balaban J connectivity index is 1.80. The summed E-state index contributed by atoms with van der Waals surface area (Å²) in [4.78, 5) is 17.5. The smallest absolute Gasteiger partial charge is 0.271 e. The minimum absolute atomic E-state index is 0.0584. The average molecular weight is 361 g/mol. The van der Waals surface area contributed by atoms with Crippen molar-refractivity contribution in [3.05, 3.63) is 33.9 Å². The molecule has 0 radical (unpaired) electrons. The fourth-order valence-corrected chi connectivity index (χ4v) is 4.77. The minimum atomic E-state index is -0.193. The van der Waals surface area contributed by atoms with Gasteiger partial charge in [-0.25, -0.2) is 4.99 Å². The molecule has 4 heterocycles. The molecule has 134 valence electrons. The molecule has 8 heteroatoms. The van der Waals surface area contributed by atoms with Crippen LogP contribution < -0.4 is 5.56 Å². The molecule has 2 aromatic heterocycles. The van der Waals surface area contributed by atoms with E-state index in [1.54, 1.807) is 16.4 Å². The largest absolute Gasteiger partial charge is 0.375 e. The lowest BCUT2D eigenvalue weighted by molar-refractivity contribution is -0.0705. The SMILES string of the molecule is CC1=Nc2c(c(=O)[nH]n2C2CCOC(C)(C)C2)C(c2cnn(C)c2)S1. The van der Waals surface area contributed by atoms with Crippen molar-refractivity contribution in [2.45, 2.75) is 50.5 Å². The van der Waals surface area contributed by atoms with Crippen LogP contribution in [0.5, 0.6) is 0 Å². The number of hydrogen-bond acceptors (Lipinski definition) is 5. The highest BCUT2D eigenvalue weighted by Crippen LogP contribution is 2.45. The molecular formula is C17H23N5O2S. The Kier molecular flexibility index (Phi) is 3.92. The van der Waals surface area contributed by atoms with Gasteiger partial charge in [-0.05, 0) is 33.6 Å². The molecule has 7 nitrogen and oxygen atoms in total. The van der Waals surface area contributed by atoms with E-state index in [9.17, 15) is 4.79 Å². The molecule has 0 bridgehead atoms. The van der Waals surface area contributed by atoms with Crippen molar-refractivity contribution in [3.63, 3.8) is 0 Å². The number of aliphatic imine (C=N–C) groups is 1. The van der Waals surface area contributed by atoms with E-state index >= 15 is 0 Å². The Hall–Kier alpha value is -1.80. The van der Waals surface area contributed by atoms with Gasteiger partial charge in [0.1, 0.15) is 0 Å². The molecule has 0 aliphatic carbocycles. The second kappa shape index (κ2) is 5.88. The van der Waals surface area contributed by atoms with Crippen LogP contribution in [0, 0.1) is 0 Å². The predicted molar refractivity (Wildman–Crippen MR) is 98.8 cm³/mol. The Morgan fingerprint density at radius 1 is 1.44 bits per heavy atom. The maximum Gasteiger partial charge on any atom is 0.271 e. The maximum atomic E-state index is 12.8. The van der Waals surface area contributed by atoms with Gasteiger partial charge in [-0.3, -0.25) is 19.3 Å². The van der Waals surface area contributed by atoms with Gasteiger partial charge in [0.2, 0.25) is 0 Å². The van der Waals surface area contributed by atoms with Crippen molar-refractivity contribution in [2.24, 2.45) is 12.0 Å². The van der Waals surface area contributed by atoms with E-state index in [2.05, 4.69) is 24.0 Å². The molecule has 1 N–H and O–H groups in total. The molecule has 2 atom stereocenters. The number of rotatable bonds is 2. The van der Waals surface area contributed by atoms with Crippen LogP contribution in [-0.4, -0.2) is 36.8 Å². The highest BCUT2D eigenvalue weighted by molar-refractivity contribution is 8.14. The number of aromatic nitrogens is 4. The van der Waals surface area contributed by atoms with Crippen molar-refractivity contribution in [3.8, 4) is 0 Å². The Bertz CT molecular complexity index is 891. The van der Waals surface area contributed by atoms with Crippen molar-refractivity contribution < 1.29 is 4.74 Å². The van der Waals surface area contributed by atoms with Gasteiger partial charge in [0.05, 0.1) is 33.7 Å². The minimum Gasteiger partial charge on any atom is -0.375 e. The molecule has 0 spiro atoms. The molecule has 2 aliphatic rings. The lowest BCUT2D eigenvalue weighted by Crippen LogP contribution is -2.35. The van der Waals surface area contributed by atoms with Gasteiger partial charge in [-0.15, -0.1) is 0 Å². The third kappa shape index (κ3) is 2.97. The summed E-state index contributed by atoms with van der Waals surface area (Å²) in [6.07, 6.45) is 5.52. The average Bonchev–Trinajstić information content (AvgIpc) is 3.10. The summed E-state index contributed by atoms with van der Waals surface area (Å²) in [5, 5.41) is 8.20. The number of nitrogens with zero attached hydrogens (tertiary/aromatic N) is 4. The number of H-pyrrole nitrogens is 1. The molecule has 0 saturated carbocycles. The van der Waals surface area contributed by atoms with Gasteiger partial charge in [0.25, 0.3) is 5.56 Å². The van der Waals surface area contributed by atoms with Gasteiger partial charge in [0, 0.05) is 25.4 Å². The third-order valence-electron chi connectivity index (χ3n) is 4.81. The van der Waals surface area contributed by atoms with E-state index in [-0.39, 0.29) is 22.5 Å². The van der Waals surface area contributed by atoms with Crippen LogP contribution in [0.2, 0.25) is 0 Å². The third-order valence-corrected chi connectivity index (χ3v) is 5.99. The van der Waals surface area contributed by atoms with Gasteiger partial charge in [0.15, 0.2) is 5.82 Å². The van der Waals surface area contributed by atoms with E-state index in [1.807, 2.05) is 31.0 Å². The number of nitrogens with one attached hydrogen (secondary N) is 1. The molecular weight excluding hydrogens is 338 g/mol. The standard InChI is InChI=1S/C17H23N5O2S/c1-10-19-15-13(14(25-10)11-8-18-21(4)9-11)16(23)20-22(15)12-5-6-24-17(2,3)7-12/h8-9,12,14H,5-7H2,1-4H3,(H,20,23). The zero-order valence-electron chi connectivity index (χ0n) is 14.9. The number of aryl methyl sites for hydroxylation is 1. The van der Waals surface area contributed by atoms with Crippen molar-refractivity contribution in [2.75, 3.05) is 6.61 Å². The summed E-state index contributed by atoms with van der Waals surface area (Å²) >= 11 is 1.61. The topological polar surface area (TPSA) is 77.2 Å². The molecule has 1 fully saturated rings. The van der Waals surface area contributed by atoms with Crippen LogP contribution in [0.1, 0.15) is 56.0 Å². The summed E-state index contributed by atoms with van der Waals surface area (Å²) in [6.45, 7) is 6.87. The molecule has 25 heavy (non-hydrogen) atoms. The van der Waals surface area contributed by atoms with E-state index in [0.717, 1.165) is 34.8 Å². The van der Waals surface area contributed by atoms with Crippen molar-refractivity contribution >= 4 is 22.6 Å². The van der Waals surface area contributed by atoms with Crippen LogP contribution in [0.4, 0.5) is 5.82 Å². The van der Waals surface area contributed by atoms with E-state index < -0.39 is 0 Å². The second-order valence-electron chi connectivity index (χ2n) is 7.38. The molecule has 1 saturated heterocycles. The first-order valence-electron chi connectivity index (χ1n) is 8.53. The van der Waals surface area contributed by atoms with Gasteiger partial charge in [-0.1, -0.05) is 11.8 Å². The fraction of sp³-hybridized carbons (Fsp3) is 0.588. The molecule has 4 rings (SSSR count). The zero-order chi connectivity index (χ0) is 17.8. The first kappa shape index (κ1) is 16.7. The summed E-state index contributed by atoms with van der Waals surface area (Å²) in [7, 11) is 1.89. The monoisotopic (exact) mass is 361 g/mol. The molecule has 2 aliphatic heterocycles. The first-order valence-corrected chi connectivity index (χ1v) is 9.41. The van der Waals surface area contributed by atoms with Crippen LogP contribution in [-0.2, 0) is 11.8 Å². The van der Waals surface area contributed by atoms with Crippen LogP contribution >= 0.6 is 11.8 Å². The highest BCUT2D eigenvalue weighted by Gasteiger charge is 2.36. The van der Waals surface area contributed by atoms with E-state index in [1.165, 1.54) is 0 Å². The second-order valence-corrected chi connectivity index (χ2v) is 8.68. The van der Waals surface area contributed by atoms with Crippen LogP contribution in [0.25, 0.3) is 0 Å². The normalized spacial score (nSPS) is 25.5. The van der Waals surface area contributed by atoms with E-state index in [4.69, 9.17) is 9.73 Å². The predicted octanol–water partition coefficient (Wildman–Crippen LogP) is 2.93. The number of thioether (sulfide) groups is 1. The summed E-state index contributed by atoms with van der Waals surface area (Å²) in [5.41, 5.74) is 1.50.